The van der Waals surface area contributed by atoms with Crippen LogP contribution in [0.3, 0.4) is 0 Å². The zero-order valence-electron chi connectivity index (χ0n) is 14.2. The lowest BCUT2D eigenvalue weighted by Crippen LogP contribution is -2.29. The topological polar surface area (TPSA) is 75.7 Å². The Morgan fingerprint density at radius 3 is 2.42 bits per heavy atom. The highest BCUT2D eigenvalue weighted by Crippen LogP contribution is 2.22. The van der Waals surface area contributed by atoms with Crippen LogP contribution in [0.1, 0.15) is 6.92 Å². The SMILES string of the molecule is CCN(c1ccc(OCC(=O)Nc2ccc(Br)cc2F)cc1)S(C)(=O)=O. The minimum Gasteiger partial charge on any atom is -0.484 e. The van der Waals surface area contributed by atoms with Crippen molar-refractivity contribution in [1.82, 2.24) is 0 Å². The molecule has 0 saturated heterocycles. The van der Waals surface area contributed by atoms with Gasteiger partial charge < -0.3 is 10.1 Å². The third-order valence-corrected chi connectivity index (χ3v) is 5.15. The first-order chi connectivity index (χ1) is 12.2. The average molecular weight is 445 g/mol. The predicted octanol–water partition coefficient (Wildman–Crippen LogP) is 3.39. The number of ether oxygens (including phenoxy) is 1. The van der Waals surface area contributed by atoms with Gasteiger partial charge >= 0.3 is 0 Å². The molecule has 0 bridgehead atoms. The number of hydrogen-bond acceptors (Lipinski definition) is 4. The number of benzene rings is 2. The number of nitrogens with zero attached hydrogens (tertiary/aromatic N) is 1. The van der Waals surface area contributed by atoms with Gasteiger partial charge in [-0.1, -0.05) is 15.9 Å². The van der Waals surface area contributed by atoms with Crippen molar-refractivity contribution in [3.05, 3.63) is 52.8 Å². The Kier molecular flexibility index (Phi) is 6.60. The summed E-state index contributed by atoms with van der Waals surface area (Å²) in [4.78, 5) is 11.9. The quantitative estimate of drug-likeness (QED) is 0.709. The van der Waals surface area contributed by atoms with E-state index in [1.165, 1.54) is 16.4 Å². The van der Waals surface area contributed by atoms with Crippen LogP contribution in [-0.2, 0) is 14.8 Å². The number of halogens is 2. The van der Waals surface area contributed by atoms with Crippen LogP contribution in [0.5, 0.6) is 5.75 Å². The van der Waals surface area contributed by atoms with E-state index in [2.05, 4.69) is 21.2 Å². The van der Waals surface area contributed by atoms with Crippen molar-refractivity contribution in [2.45, 2.75) is 6.92 Å². The van der Waals surface area contributed by atoms with Crippen LogP contribution in [0.15, 0.2) is 46.9 Å². The summed E-state index contributed by atoms with van der Waals surface area (Å²) in [7, 11) is -3.36. The van der Waals surface area contributed by atoms with Crippen LogP contribution in [-0.4, -0.2) is 33.7 Å². The predicted molar refractivity (Wildman–Crippen MR) is 103 cm³/mol. The van der Waals surface area contributed by atoms with Gasteiger partial charge in [-0.05, 0) is 49.4 Å². The lowest BCUT2D eigenvalue weighted by atomic mass is 10.3. The van der Waals surface area contributed by atoms with Crippen LogP contribution >= 0.6 is 15.9 Å². The molecule has 6 nitrogen and oxygen atoms in total. The van der Waals surface area contributed by atoms with Crippen molar-refractivity contribution < 1.29 is 22.3 Å². The Morgan fingerprint density at radius 2 is 1.88 bits per heavy atom. The van der Waals surface area contributed by atoms with Crippen molar-refractivity contribution >= 4 is 43.2 Å². The molecule has 0 saturated carbocycles. The van der Waals surface area contributed by atoms with E-state index >= 15 is 0 Å². The Labute approximate surface area is 160 Å². The second kappa shape index (κ2) is 8.50. The van der Waals surface area contributed by atoms with Crippen LogP contribution in [0.4, 0.5) is 15.8 Å². The molecule has 0 aromatic heterocycles. The lowest BCUT2D eigenvalue weighted by molar-refractivity contribution is -0.118. The summed E-state index contributed by atoms with van der Waals surface area (Å²) < 4.78 is 44.2. The smallest absolute Gasteiger partial charge is 0.262 e. The molecule has 0 radical (unpaired) electrons. The highest BCUT2D eigenvalue weighted by molar-refractivity contribution is 9.10. The van der Waals surface area contributed by atoms with Gasteiger partial charge in [0.15, 0.2) is 6.61 Å². The summed E-state index contributed by atoms with van der Waals surface area (Å²) in [6.45, 7) is 1.73. The summed E-state index contributed by atoms with van der Waals surface area (Å²) >= 11 is 3.14. The number of carbonyl (C=O) groups excluding carboxylic acids is 1. The average Bonchev–Trinajstić information content (AvgIpc) is 2.56. The van der Waals surface area contributed by atoms with Gasteiger partial charge in [0.25, 0.3) is 5.91 Å². The van der Waals surface area contributed by atoms with Crippen molar-refractivity contribution in [1.29, 1.82) is 0 Å². The van der Waals surface area contributed by atoms with Gasteiger partial charge in [0.2, 0.25) is 10.0 Å². The molecular weight excluding hydrogens is 427 g/mol. The third kappa shape index (κ3) is 5.43. The van der Waals surface area contributed by atoms with Crippen molar-refractivity contribution in [2.24, 2.45) is 0 Å². The van der Waals surface area contributed by atoms with Gasteiger partial charge in [0.05, 0.1) is 17.6 Å². The van der Waals surface area contributed by atoms with Gasteiger partial charge in [-0.2, -0.15) is 0 Å². The largest absolute Gasteiger partial charge is 0.484 e. The first-order valence-corrected chi connectivity index (χ1v) is 10.3. The minimum absolute atomic E-state index is 0.0592. The Balaban J connectivity index is 1.96. The highest BCUT2D eigenvalue weighted by Gasteiger charge is 2.15. The molecule has 1 amide bonds. The zero-order valence-corrected chi connectivity index (χ0v) is 16.6. The lowest BCUT2D eigenvalue weighted by Gasteiger charge is -2.20. The van der Waals surface area contributed by atoms with E-state index in [0.29, 0.717) is 22.5 Å². The molecular formula is C17H18BrFN2O4S. The fourth-order valence-corrected chi connectivity index (χ4v) is 3.55. The molecule has 2 aromatic carbocycles. The van der Waals surface area contributed by atoms with E-state index in [1.54, 1.807) is 37.3 Å². The normalized spacial score (nSPS) is 11.1. The molecule has 0 atom stereocenters. The van der Waals surface area contributed by atoms with Crippen molar-refractivity contribution in [3.8, 4) is 5.75 Å². The fourth-order valence-electron chi connectivity index (χ4n) is 2.24. The second-order valence-corrected chi connectivity index (χ2v) is 8.21. The number of hydrogen-bond donors (Lipinski definition) is 1. The first-order valence-electron chi connectivity index (χ1n) is 7.66. The molecule has 2 aromatic rings. The van der Waals surface area contributed by atoms with Crippen LogP contribution < -0.4 is 14.4 Å². The summed E-state index contributed by atoms with van der Waals surface area (Å²) in [5.74, 6) is -0.677. The Morgan fingerprint density at radius 1 is 1.23 bits per heavy atom. The second-order valence-electron chi connectivity index (χ2n) is 5.38. The highest BCUT2D eigenvalue weighted by atomic mass is 79.9. The molecule has 0 heterocycles. The number of carbonyl (C=O) groups is 1. The maximum absolute atomic E-state index is 13.7. The summed E-state index contributed by atoms with van der Waals surface area (Å²) in [6, 6.07) is 10.6. The third-order valence-electron chi connectivity index (χ3n) is 3.39. The summed E-state index contributed by atoms with van der Waals surface area (Å²) in [5.41, 5.74) is 0.563. The van der Waals surface area contributed by atoms with E-state index in [4.69, 9.17) is 4.74 Å². The molecule has 1 N–H and O–H groups in total. The molecule has 140 valence electrons. The summed E-state index contributed by atoms with van der Waals surface area (Å²) in [6.07, 6.45) is 1.13. The van der Waals surface area contributed by atoms with Gasteiger partial charge in [-0.15, -0.1) is 0 Å². The first kappa shape index (κ1) is 20.2. The molecule has 0 aliphatic rings. The molecule has 0 aliphatic heterocycles. The Hall–Kier alpha value is -2.13. The number of nitrogens with one attached hydrogen (secondary N) is 1. The van der Waals surface area contributed by atoms with Gasteiger partial charge in [-0.25, -0.2) is 12.8 Å². The van der Waals surface area contributed by atoms with Gasteiger partial charge in [0, 0.05) is 11.0 Å². The Bertz CT molecular complexity index is 888. The van der Waals surface area contributed by atoms with Crippen molar-refractivity contribution in [3.63, 3.8) is 0 Å². The minimum atomic E-state index is -3.36. The molecule has 26 heavy (non-hydrogen) atoms. The van der Waals surface area contributed by atoms with Gasteiger partial charge in [0.1, 0.15) is 11.6 Å². The number of rotatable bonds is 7. The molecule has 0 unspecified atom stereocenters. The molecule has 0 spiro atoms. The van der Waals surface area contributed by atoms with E-state index in [9.17, 15) is 17.6 Å². The zero-order chi connectivity index (χ0) is 19.3. The maximum atomic E-state index is 13.7. The van der Waals surface area contributed by atoms with E-state index in [0.717, 1.165) is 6.26 Å². The van der Waals surface area contributed by atoms with E-state index in [-0.39, 0.29) is 12.3 Å². The van der Waals surface area contributed by atoms with Crippen LogP contribution in [0.2, 0.25) is 0 Å². The number of amides is 1. The fraction of sp³-hybridized carbons (Fsp3) is 0.235. The number of anilines is 2. The van der Waals surface area contributed by atoms with Crippen LogP contribution in [0, 0.1) is 5.82 Å². The van der Waals surface area contributed by atoms with Crippen LogP contribution in [0.25, 0.3) is 0 Å². The summed E-state index contributed by atoms with van der Waals surface area (Å²) in [5, 5.41) is 2.42. The molecule has 2 rings (SSSR count). The number of sulfonamides is 1. The molecule has 0 aliphatic carbocycles. The molecule has 9 heteroatoms. The standard InChI is InChI=1S/C17H18BrFN2O4S/c1-3-21(26(2,23)24)13-5-7-14(8-6-13)25-11-17(22)20-16-9-4-12(18)10-15(16)19/h4-10H,3,11H2,1-2H3,(H,20,22). The molecule has 0 fully saturated rings. The maximum Gasteiger partial charge on any atom is 0.262 e. The monoisotopic (exact) mass is 444 g/mol. The van der Waals surface area contributed by atoms with E-state index < -0.39 is 21.7 Å². The van der Waals surface area contributed by atoms with Crippen molar-refractivity contribution in [2.75, 3.05) is 29.0 Å². The van der Waals surface area contributed by atoms with Gasteiger partial charge in [-0.3, -0.25) is 9.10 Å². The van der Waals surface area contributed by atoms with E-state index in [1.807, 2.05) is 0 Å².